The Morgan fingerprint density at radius 3 is 1.71 bits per heavy atom. The highest BCUT2D eigenvalue weighted by Crippen LogP contribution is 2.01. The van der Waals surface area contributed by atoms with E-state index in [4.69, 9.17) is 5.41 Å². The van der Waals surface area contributed by atoms with Gasteiger partial charge in [0, 0.05) is 71.7 Å². The van der Waals surface area contributed by atoms with E-state index in [-0.39, 0.29) is 0 Å². The standard InChI is InChI=1S/C8H17N3.C6H12N2.C5H10N2.C5H9N.C4H8N2/c1-8(9)11-5-3-4-10(2)6-7-11;1-6-7-4-3-5-8(6)2;1-5-6-3-2-4-7-5;1-5-3-2-4-6-5;1-4-5-2-3-6-4/h9H,3-7H2,1-2H3;3-5H2,1-2H3;2-4H2,1H3,(H,6,7);2-4H2,1H3;2-3H2,1H3,(H,5,6). The van der Waals surface area contributed by atoms with Crippen LogP contribution in [0.4, 0.5) is 0 Å². The summed E-state index contributed by atoms with van der Waals surface area (Å²) in [5.74, 6) is 4.05. The van der Waals surface area contributed by atoms with E-state index < -0.39 is 0 Å². The Labute approximate surface area is 232 Å². The fourth-order valence-corrected chi connectivity index (χ4v) is 4.06. The Morgan fingerprint density at radius 2 is 1.34 bits per heavy atom. The number of nitrogens with one attached hydrogen (secondary N) is 3. The molecule has 10 nitrogen and oxygen atoms in total. The molecule has 218 valence electrons. The Bertz CT molecular complexity index is 765. The average Bonchev–Trinajstić information content (AvgIpc) is 3.53. The molecule has 0 atom stereocenters. The van der Waals surface area contributed by atoms with Crippen molar-refractivity contribution >= 4 is 29.1 Å². The van der Waals surface area contributed by atoms with Crippen LogP contribution in [-0.2, 0) is 0 Å². The maximum Gasteiger partial charge on any atom is 0.0954 e. The zero-order valence-electron chi connectivity index (χ0n) is 25.4. The smallest absolute Gasteiger partial charge is 0.0954 e. The lowest BCUT2D eigenvalue weighted by Crippen LogP contribution is -2.32. The minimum Gasteiger partial charge on any atom is -0.374 e. The molecular formula is C28H56N10. The van der Waals surface area contributed by atoms with E-state index in [1.807, 2.05) is 20.8 Å². The van der Waals surface area contributed by atoms with Crippen molar-refractivity contribution in [3.63, 3.8) is 0 Å². The third kappa shape index (κ3) is 17.1. The molecule has 5 rings (SSSR count). The molecule has 1 saturated heterocycles. The van der Waals surface area contributed by atoms with Gasteiger partial charge in [0.05, 0.1) is 29.9 Å². The number of amidine groups is 4. The minimum absolute atomic E-state index is 0.709. The van der Waals surface area contributed by atoms with Gasteiger partial charge in [0.15, 0.2) is 0 Å². The van der Waals surface area contributed by atoms with Gasteiger partial charge in [-0.3, -0.25) is 25.4 Å². The molecule has 0 aromatic carbocycles. The Balaban J connectivity index is 0.000000242. The van der Waals surface area contributed by atoms with Gasteiger partial charge >= 0.3 is 0 Å². The lowest BCUT2D eigenvalue weighted by molar-refractivity contribution is 0.345. The summed E-state index contributed by atoms with van der Waals surface area (Å²) in [6, 6.07) is 0. The van der Waals surface area contributed by atoms with Gasteiger partial charge in [0.25, 0.3) is 0 Å². The molecule has 0 aromatic rings. The summed E-state index contributed by atoms with van der Waals surface area (Å²) in [5, 5.41) is 13.7. The van der Waals surface area contributed by atoms with Crippen molar-refractivity contribution in [1.29, 1.82) is 5.41 Å². The van der Waals surface area contributed by atoms with Crippen LogP contribution in [0.2, 0.25) is 0 Å². The van der Waals surface area contributed by atoms with Crippen LogP contribution in [0, 0.1) is 5.41 Å². The minimum atomic E-state index is 0.709. The summed E-state index contributed by atoms with van der Waals surface area (Å²) in [7, 11) is 4.22. The maximum atomic E-state index is 7.46. The van der Waals surface area contributed by atoms with Crippen LogP contribution in [0.25, 0.3) is 0 Å². The van der Waals surface area contributed by atoms with Crippen molar-refractivity contribution in [1.82, 2.24) is 25.3 Å². The average molecular weight is 533 g/mol. The van der Waals surface area contributed by atoms with Gasteiger partial charge < -0.3 is 25.3 Å². The Hall–Kier alpha value is -2.49. The molecule has 38 heavy (non-hydrogen) atoms. The van der Waals surface area contributed by atoms with Gasteiger partial charge in [-0.2, -0.15) is 0 Å². The molecule has 0 amide bonds. The van der Waals surface area contributed by atoms with Crippen molar-refractivity contribution in [3.8, 4) is 0 Å². The molecule has 5 aliphatic rings. The Morgan fingerprint density at radius 1 is 0.684 bits per heavy atom. The predicted octanol–water partition coefficient (Wildman–Crippen LogP) is 3.01. The van der Waals surface area contributed by atoms with Gasteiger partial charge in [-0.25, -0.2) is 0 Å². The number of hydrogen-bond acceptors (Lipinski definition) is 9. The molecule has 0 saturated carbocycles. The first-order valence-electron chi connectivity index (χ1n) is 14.4. The van der Waals surface area contributed by atoms with Crippen LogP contribution in [-0.4, -0.2) is 130 Å². The van der Waals surface area contributed by atoms with E-state index in [9.17, 15) is 0 Å². The van der Waals surface area contributed by atoms with Crippen molar-refractivity contribution in [2.45, 2.75) is 66.7 Å². The van der Waals surface area contributed by atoms with Crippen LogP contribution in [0.5, 0.6) is 0 Å². The largest absolute Gasteiger partial charge is 0.374 e. The second-order valence-electron chi connectivity index (χ2n) is 10.3. The lowest BCUT2D eigenvalue weighted by Gasteiger charge is -2.21. The first-order valence-corrected chi connectivity index (χ1v) is 14.4. The summed E-state index contributed by atoms with van der Waals surface area (Å²) in [6.07, 6.45) is 6.11. The highest BCUT2D eigenvalue weighted by molar-refractivity contribution is 5.83. The second-order valence-corrected chi connectivity index (χ2v) is 10.3. The lowest BCUT2D eigenvalue weighted by atomic mass is 10.3. The van der Waals surface area contributed by atoms with Gasteiger partial charge in [0.2, 0.25) is 0 Å². The highest BCUT2D eigenvalue weighted by atomic mass is 15.2. The van der Waals surface area contributed by atoms with E-state index in [2.05, 4.69) is 73.2 Å². The number of aliphatic imine (C=N–C) groups is 4. The van der Waals surface area contributed by atoms with Crippen molar-refractivity contribution < 1.29 is 0 Å². The summed E-state index contributed by atoms with van der Waals surface area (Å²) in [6.45, 7) is 21.7. The number of nitrogens with zero attached hydrogens (tertiary/aromatic N) is 7. The third-order valence-electron chi connectivity index (χ3n) is 6.72. The summed E-state index contributed by atoms with van der Waals surface area (Å²) in [4.78, 5) is 23.2. The fourth-order valence-electron chi connectivity index (χ4n) is 4.06. The fraction of sp³-hybridized carbons (Fsp3) is 0.821. The van der Waals surface area contributed by atoms with Crippen LogP contribution >= 0.6 is 0 Å². The van der Waals surface area contributed by atoms with Gasteiger partial charge in [-0.1, -0.05) is 0 Å². The quantitative estimate of drug-likeness (QED) is 0.328. The molecule has 5 aliphatic heterocycles. The highest BCUT2D eigenvalue weighted by Gasteiger charge is 2.11. The van der Waals surface area contributed by atoms with E-state index >= 15 is 0 Å². The normalized spacial score (nSPS) is 20.8. The van der Waals surface area contributed by atoms with E-state index in [1.165, 1.54) is 56.7 Å². The van der Waals surface area contributed by atoms with Crippen LogP contribution in [0.1, 0.15) is 66.7 Å². The molecular weight excluding hydrogens is 476 g/mol. The molecule has 5 heterocycles. The summed E-state index contributed by atoms with van der Waals surface area (Å²) >= 11 is 0. The third-order valence-corrected chi connectivity index (χ3v) is 6.72. The monoisotopic (exact) mass is 532 g/mol. The number of hydrogen-bond donors (Lipinski definition) is 3. The topological polar surface area (TPSA) is 107 Å². The van der Waals surface area contributed by atoms with Gasteiger partial charge in [-0.05, 0) is 80.3 Å². The first-order chi connectivity index (χ1) is 18.2. The molecule has 1 fully saturated rings. The van der Waals surface area contributed by atoms with Gasteiger partial charge in [0.1, 0.15) is 0 Å². The van der Waals surface area contributed by atoms with Gasteiger partial charge in [-0.15, -0.1) is 0 Å². The Kier molecular flexibility index (Phi) is 18.1. The SMILES string of the molecule is CC(=N)N1CCCN(C)CC1.CC1=NCCC1.CC1=NCCCN1.CC1=NCCCN1C.CC1=NCCN1. The zero-order chi connectivity index (χ0) is 28.2. The van der Waals surface area contributed by atoms with Crippen molar-refractivity contribution in [2.24, 2.45) is 20.0 Å². The molecule has 3 N–H and O–H groups in total. The molecule has 0 unspecified atom stereocenters. The van der Waals surface area contributed by atoms with E-state index in [1.54, 1.807) is 0 Å². The summed E-state index contributed by atoms with van der Waals surface area (Å²) in [5.41, 5.74) is 1.33. The zero-order valence-corrected chi connectivity index (χ0v) is 25.4. The molecule has 10 heteroatoms. The maximum absolute atomic E-state index is 7.46. The van der Waals surface area contributed by atoms with Crippen molar-refractivity contribution in [3.05, 3.63) is 0 Å². The van der Waals surface area contributed by atoms with Crippen LogP contribution in [0.15, 0.2) is 20.0 Å². The predicted molar refractivity (Wildman–Crippen MR) is 166 cm³/mol. The number of likely N-dealkylation sites (N-methyl/N-ethyl adjacent to an activating group) is 1. The summed E-state index contributed by atoms with van der Waals surface area (Å²) < 4.78 is 0. The first kappa shape index (κ1) is 33.5. The second kappa shape index (κ2) is 20.5. The van der Waals surface area contributed by atoms with Crippen LogP contribution < -0.4 is 10.6 Å². The molecule has 0 spiro atoms. The molecule has 0 radical (unpaired) electrons. The van der Waals surface area contributed by atoms with Crippen molar-refractivity contribution in [2.75, 3.05) is 86.1 Å². The van der Waals surface area contributed by atoms with E-state index in [0.29, 0.717) is 5.84 Å². The molecule has 0 aliphatic carbocycles. The number of rotatable bonds is 0. The molecule has 0 aromatic heterocycles. The van der Waals surface area contributed by atoms with Crippen LogP contribution in [0.3, 0.4) is 0 Å². The van der Waals surface area contributed by atoms with E-state index in [0.717, 1.165) is 70.6 Å². The molecule has 0 bridgehead atoms.